The van der Waals surface area contributed by atoms with Crippen molar-refractivity contribution in [1.29, 1.82) is 0 Å². The van der Waals surface area contributed by atoms with E-state index in [4.69, 9.17) is 4.42 Å². The molecule has 2 aromatic carbocycles. The van der Waals surface area contributed by atoms with Crippen molar-refractivity contribution < 1.29 is 19.1 Å². The van der Waals surface area contributed by atoms with E-state index < -0.39 is 23.5 Å². The van der Waals surface area contributed by atoms with Gasteiger partial charge in [0.15, 0.2) is 11.5 Å². The Labute approximate surface area is 187 Å². The number of ketones is 1. The number of aliphatic hydroxyl groups excluding tert-OH is 1. The number of fused-ring (bicyclic) bond motifs is 1. The predicted octanol–water partition coefficient (Wildman–Crippen LogP) is 5.27. The fraction of sp³-hybridized carbons (Fsp3) is 0.308. The minimum absolute atomic E-state index is 0.0677. The lowest BCUT2D eigenvalue weighted by molar-refractivity contribution is -0.129. The summed E-state index contributed by atoms with van der Waals surface area (Å²) >= 11 is 0. The first-order chi connectivity index (χ1) is 15.5. The highest BCUT2D eigenvalue weighted by molar-refractivity contribution is 6.16. The second kappa shape index (κ2) is 8.91. The lowest BCUT2D eigenvalue weighted by atomic mass is 9.94. The first kappa shape index (κ1) is 21.7. The molecule has 1 atom stereocenters. The Kier molecular flexibility index (Phi) is 6.04. The van der Waals surface area contributed by atoms with E-state index in [-0.39, 0.29) is 11.3 Å². The molecular weight excluding hydrogens is 404 g/mol. The molecule has 1 unspecified atom stereocenters. The van der Waals surface area contributed by atoms with Crippen molar-refractivity contribution in [3.8, 4) is 0 Å². The van der Waals surface area contributed by atoms with Gasteiger partial charge in [-0.05, 0) is 50.1 Å². The van der Waals surface area contributed by atoms with Gasteiger partial charge in [-0.1, -0.05) is 37.3 Å². The topological polar surface area (TPSA) is 74.0 Å². The van der Waals surface area contributed by atoms with Crippen LogP contribution < -0.4 is 4.90 Å². The average molecular weight is 433 g/mol. The zero-order valence-corrected chi connectivity index (χ0v) is 18.7. The maximum Gasteiger partial charge on any atom is 0.290 e. The number of carbonyl (C=O) groups is 2. The minimum atomic E-state index is -0.658. The first-order valence-electron chi connectivity index (χ1n) is 11.1. The Morgan fingerprint density at radius 1 is 1.06 bits per heavy atom. The Bertz CT molecular complexity index is 1140. The Morgan fingerprint density at radius 3 is 2.38 bits per heavy atom. The summed E-state index contributed by atoms with van der Waals surface area (Å²) in [5.74, 6) is -1.38. The zero-order valence-electron chi connectivity index (χ0n) is 18.7. The molecule has 0 saturated heterocycles. The van der Waals surface area contributed by atoms with Crippen molar-refractivity contribution in [2.24, 2.45) is 0 Å². The number of nitrogens with zero attached hydrogens (tertiary/aromatic N) is 2. The third kappa shape index (κ3) is 3.66. The van der Waals surface area contributed by atoms with Gasteiger partial charge in [-0.3, -0.25) is 9.59 Å². The third-order valence-electron chi connectivity index (χ3n) is 6.00. The van der Waals surface area contributed by atoms with E-state index >= 15 is 0 Å². The van der Waals surface area contributed by atoms with Crippen LogP contribution in [0.4, 0.5) is 5.69 Å². The highest BCUT2D eigenvalue weighted by Crippen LogP contribution is 2.40. The number of rotatable bonds is 8. The van der Waals surface area contributed by atoms with Crippen molar-refractivity contribution in [3.63, 3.8) is 0 Å². The molecule has 0 aliphatic carbocycles. The van der Waals surface area contributed by atoms with Crippen LogP contribution in [0.2, 0.25) is 0 Å². The number of para-hydroxylation sites is 1. The lowest BCUT2D eigenvalue weighted by Crippen LogP contribution is -2.31. The Morgan fingerprint density at radius 2 is 1.75 bits per heavy atom. The Balaban J connectivity index is 1.76. The first-order valence-corrected chi connectivity index (χ1v) is 11.1. The summed E-state index contributed by atoms with van der Waals surface area (Å²) in [7, 11) is 0. The molecular formula is C26H28N2O4. The summed E-state index contributed by atoms with van der Waals surface area (Å²) in [5, 5.41) is 11.5. The largest absolute Gasteiger partial charge is 0.503 e. The normalized spacial score (nSPS) is 16.3. The molecule has 4 rings (SSSR count). The number of amides is 1. The fourth-order valence-electron chi connectivity index (χ4n) is 4.39. The van der Waals surface area contributed by atoms with Crippen molar-refractivity contribution >= 4 is 28.3 Å². The van der Waals surface area contributed by atoms with E-state index in [1.807, 2.05) is 49.4 Å². The molecule has 0 radical (unpaired) electrons. The van der Waals surface area contributed by atoms with Gasteiger partial charge < -0.3 is 19.3 Å². The molecule has 2 heterocycles. The van der Waals surface area contributed by atoms with Gasteiger partial charge in [-0.25, -0.2) is 0 Å². The quantitative estimate of drug-likeness (QED) is 0.491. The summed E-state index contributed by atoms with van der Waals surface area (Å²) in [4.78, 5) is 30.2. The molecule has 3 aromatic rings. The van der Waals surface area contributed by atoms with Crippen LogP contribution in [-0.2, 0) is 4.79 Å². The minimum Gasteiger partial charge on any atom is -0.503 e. The maximum absolute atomic E-state index is 13.5. The summed E-state index contributed by atoms with van der Waals surface area (Å²) < 4.78 is 5.75. The van der Waals surface area contributed by atoms with Gasteiger partial charge in [0.2, 0.25) is 5.78 Å². The second-order valence-corrected chi connectivity index (χ2v) is 7.90. The monoisotopic (exact) mass is 432 g/mol. The van der Waals surface area contributed by atoms with Crippen LogP contribution in [-0.4, -0.2) is 41.3 Å². The number of hydrogen-bond donors (Lipinski definition) is 1. The number of Topliss-reactive ketones (excluding diaryl/α,β-unsaturated/α-hetero) is 1. The van der Waals surface area contributed by atoms with Gasteiger partial charge in [0, 0.05) is 30.7 Å². The van der Waals surface area contributed by atoms with Crippen LogP contribution in [0.25, 0.3) is 11.0 Å². The molecule has 1 N–H and O–H groups in total. The highest BCUT2D eigenvalue weighted by atomic mass is 16.3. The second-order valence-electron chi connectivity index (χ2n) is 7.90. The molecule has 166 valence electrons. The molecule has 1 aliphatic rings. The summed E-state index contributed by atoms with van der Waals surface area (Å²) in [6, 6.07) is 16.2. The number of furan rings is 1. The number of hydrogen-bond acceptors (Lipinski definition) is 5. The molecule has 1 aromatic heterocycles. The number of carbonyl (C=O) groups excluding carboxylic acids is 2. The van der Waals surface area contributed by atoms with Crippen molar-refractivity contribution in [1.82, 2.24) is 4.90 Å². The van der Waals surface area contributed by atoms with Crippen molar-refractivity contribution in [2.45, 2.75) is 33.2 Å². The average Bonchev–Trinajstić information content (AvgIpc) is 3.35. The molecule has 0 saturated carbocycles. The maximum atomic E-state index is 13.5. The van der Waals surface area contributed by atoms with Gasteiger partial charge in [0.25, 0.3) is 5.91 Å². The van der Waals surface area contributed by atoms with E-state index in [0.29, 0.717) is 18.5 Å². The third-order valence-corrected chi connectivity index (χ3v) is 6.00. The zero-order chi connectivity index (χ0) is 22.8. The highest BCUT2D eigenvalue weighted by Gasteiger charge is 2.44. The Hall–Kier alpha value is -3.54. The standard InChI is InChI=1S/C26H28N2O4/c1-4-15-28-23(17-11-13-19(14-12-17)27(5-2)6-3)22(25(30)26(28)31)24(29)21-16-18-9-7-8-10-20(18)32-21/h7-14,16,23,30H,4-6,15H2,1-3H3. The van der Waals surface area contributed by atoms with Crippen LogP contribution >= 0.6 is 0 Å². The van der Waals surface area contributed by atoms with Gasteiger partial charge >= 0.3 is 0 Å². The van der Waals surface area contributed by atoms with E-state index in [2.05, 4.69) is 18.7 Å². The van der Waals surface area contributed by atoms with E-state index in [1.54, 1.807) is 17.0 Å². The van der Waals surface area contributed by atoms with Crippen molar-refractivity contribution in [2.75, 3.05) is 24.5 Å². The molecule has 6 nitrogen and oxygen atoms in total. The van der Waals surface area contributed by atoms with Gasteiger partial charge in [0.05, 0.1) is 11.6 Å². The molecule has 0 spiro atoms. The summed E-state index contributed by atoms with van der Waals surface area (Å²) in [5.41, 5.74) is 2.51. The number of benzene rings is 2. The summed E-state index contributed by atoms with van der Waals surface area (Å²) in [6.45, 7) is 8.36. The molecule has 1 amide bonds. The van der Waals surface area contributed by atoms with E-state index in [1.165, 1.54) is 0 Å². The van der Waals surface area contributed by atoms with Crippen molar-refractivity contribution in [3.05, 3.63) is 77.3 Å². The molecule has 0 bridgehead atoms. The predicted molar refractivity (Wildman–Crippen MR) is 125 cm³/mol. The SMILES string of the molecule is CCCN1C(=O)C(O)=C(C(=O)c2cc3ccccc3o2)C1c1ccc(N(CC)CC)cc1. The fourth-order valence-corrected chi connectivity index (χ4v) is 4.39. The number of aliphatic hydroxyl groups is 1. The van der Waals surface area contributed by atoms with E-state index in [9.17, 15) is 14.7 Å². The van der Waals surface area contributed by atoms with Gasteiger partial charge in [-0.15, -0.1) is 0 Å². The summed E-state index contributed by atoms with van der Waals surface area (Å²) in [6.07, 6.45) is 0.707. The lowest BCUT2D eigenvalue weighted by Gasteiger charge is -2.27. The van der Waals surface area contributed by atoms with Crippen LogP contribution in [0.15, 0.2) is 70.3 Å². The number of anilines is 1. The molecule has 32 heavy (non-hydrogen) atoms. The van der Waals surface area contributed by atoms with Crippen LogP contribution in [0.1, 0.15) is 49.4 Å². The van der Waals surface area contributed by atoms with Gasteiger partial charge in [-0.2, -0.15) is 0 Å². The molecule has 1 aliphatic heterocycles. The molecule has 6 heteroatoms. The van der Waals surface area contributed by atoms with Crippen LogP contribution in [0.3, 0.4) is 0 Å². The smallest absolute Gasteiger partial charge is 0.290 e. The van der Waals surface area contributed by atoms with Crippen LogP contribution in [0.5, 0.6) is 0 Å². The van der Waals surface area contributed by atoms with E-state index in [0.717, 1.165) is 29.7 Å². The van der Waals surface area contributed by atoms with Crippen LogP contribution in [0, 0.1) is 0 Å². The van der Waals surface area contributed by atoms with Gasteiger partial charge in [0.1, 0.15) is 5.58 Å². The molecule has 0 fully saturated rings.